The lowest BCUT2D eigenvalue weighted by atomic mass is 10.1. The van der Waals surface area contributed by atoms with Crippen molar-refractivity contribution in [1.29, 1.82) is 0 Å². The lowest BCUT2D eigenvalue weighted by molar-refractivity contribution is -0.136. The van der Waals surface area contributed by atoms with Crippen LogP contribution in [0.5, 0.6) is 0 Å². The molecule has 2 atom stereocenters. The number of thioether (sulfide) groups is 1. The second-order valence-electron chi connectivity index (χ2n) is 4.06. The van der Waals surface area contributed by atoms with Crippen molar-refractivity contribution in [3.63, 3.8) is 0 Å². The van der Waals surface area contributed by atoms with Gasteiger partial charge in [-0.05, 0) is 12.8 Å². The first-order valence-electron chi connectivity index (χ1n) is 5.44. The standard InChI is InChI=1S/C10H18N2O2S.ClH/c1-14-8-3-2-4-12(5-8)10(13)9-6-15-7-11-9;/h8-9,11H,2-7H2,1H3;1H. The van der Waals surface area contributed by atoms with Crippen LogP contribution >= 0.6 is 24.2 Å². The Morgan fingerprint density at radius 3 is 3.00 bits per heavy atom. The van der Waals surface area contributed by atoms with E-state index in [1.165, 1.54) is 0 Å². The van der Waals surface area contributed by atoms with Crippen molar-refractivity contribution in [1.82, 2.24) is 10.2 Å². The average molecular weight is 267 g/mol. The van der Waals surface area contributed by atoms with Gasteiger partial charge in [0.25, 0.3) is 0 Å². The lowest BCUT2D eigenvalue weighted by Crippen LogP contribution is -2.50. The molecule has 0 radical (unpaired) electrons. The maximum Gasteiger partial charge on any atom is 0.240 e. The van der Waals surface area contributed by atoms with Crippen molar-refractivity contribution in [3.8, 4) is 0 Å². The molecule has 2 aliphatic heterocycles. The van der Waals surface area contributed by atoms with E-state index in [0.717, 1.165) is 37.6 Å². The summed E-state index contributed by atoms with van der Waals surface area (Å²) in [4.78, 5) is 14.0. The van der Waals surface area contributed by atoms with Gasteiger partial charge in [-0.1, -0.05) is 0 Å². The van der Waals surface area contributed by atoms with Crippen molar-refractivity contribution in [2.24, 2.45) is 0 Å². The smallest absolute Gasteiger partial charge is 0.240 e. The molecule has 2 unspecified atom stereocenters. The van der Waals surface area contributed by atoms with Crippen molar-refractivity contribution in [2.75, 3.05) is 31.8 Å². The number of hydrogen-bond acceptors (Lipinski definition) is 4. The third kappa shape index (κ3) is 3.26. The van der Waals surface area contributed by atoms with Crippen LogP contribution in [0.4, 0.5) is 0 Å². The number of methoxy groups -OCH3 is 1. The molecular formula is C10H19ClN2O2S. The van der Waals surface area contributed by atoms with Crippen LogP contribution in [0, 0.1) is 0 Å². The molecule has 1 N–H and O–H groups in total. The third-order valence-electron chi connectivity index (χ3n) is 3.04. The minimum absolute atomic E-state index is 0. The van der Waals surface area contributed by atoms with E-state index in [-0.39, 0.29) is 30.5 Å². The molecule has 2 fully saturated rings. The number of nitrogens with one attached hydrogen (secondary N) is 1. The lowest BCUT2D eigenvalue weighted by Gasteiger charge is -2.33. The fourth-order valence-corrected chi connectivity index (χ4v) is 3.04. The number of nitrogens with zero attached hydrogens (tertiary/aromatic N) is 1. The third-order valence-corrected chi connectivity index (χ3v) is 3.98. The topological polar surface area (TPSA) is 41.6 Å². The van der Waals surface area contributed by atoms with E-state index in [9.17, 15) is 4.79 Å². The highest BCUT2D eigenvalue weighted by Gasteiger charge is 2.30. The summed E-state index contributed by atoms with van der Waals surface area (Å²) in [5.41, 5.74) is 0. The number of rotatable bonds is 2. The van der Waals surface area contributed by atoms with Crippen LogP contribution in [-0.2, 0) is 9.53 Å². The van der Waals surface area contributed by atoms with E-state index in [1.807, 2.05) is 4.90 Å². The first-order chi connectivity index (χ1) is 7.31. The minimum atomic E-state index is 0. The van der Waals surface area contributed by atoms with Gasteiger partial charge in [0.1, 0.15) is 0 Å². The first-order valence-corrected chi connectivity index (χ1v) is 6.59. The van der Waals surface area contributed by atoms with Gasteiger partial charge in [-0.2, -0.15) is 0 Å². The van der Waals surface area contributed by atoms with Crippen molar-refractivity contribution >= 4 is 30.1 Å². The van der Waals surface area contributed by atoms with Gasteiger partial charge in [0.15, 0.2) is 0 Å². The van der Waals surface area contributed by atoms with Gasteiger partial charge in [0.2, 0.25) is 5.91 Å². The molecule has 0 spiro atoms. The summed E-state index contributed by atoms with van der Waals surface area (Å²) >= 11 is 1.79. The summed E-state index contributed by atoms with van der Waals surface area (Å²) in [6.07, 6.45) is 2.37. The first kappa shape index (κ1) is 14.1. The Kier molecular flexibility index (Phi) is 5.89. The van der Waals surface area contributed by atoms with Crippen LogP contribution in [-0.4, -0.2) is 54.8 Å². The predicted molar refractivity (Wildman–Crippen MR) is 68.1 cm³/mol. The molecule has 2 aliphatic rings. The van der Waals surface area contributed by atoms with Gasteiger partial charge in [-0.25, -0.2) is 0 Å². The second-order valence-corrected chi connectivity index (χ2v) is 5.09. The summed E-state index contributed by atoms with van der Waals surface area (Å²) in [5, 5.41) is 3.22. The van der Waals surface area contributed by atoms with Crippen LogP contribution in [0.15, 0.2) is 0 Å². The quantitative estimate of drug-likeness (QED) is 0.799. The molecule has 16 heavy (non-hydrogen) atoms. The molecule has 2 saturated heterocycles. The number of likely N-dealkylation sites (tertiary alicyclic amines) is 1. The maximum absolute atomic E-state index is 12.1. The van der Waals surface area contributed by atoms with Gasteiger partial charge in [-0.15, -0.1) is 24.2 Å². The Hall–Kier alpha value is 0.0300. The molecule has 1 amide bonds. The molecule has 94 valence electrons. The molecule has 6 heteroatoms. The van der Waals surface area contributed by atoms with E-state index in [2.05, 4.69) is 5.32 Å². The van der Waals surface area contributed by atoms with Gasteiger partial charge in [0, 0.05) is 31.8 Å². The van der Waals surface area contributed by atoms with E-state index in [4.69, 9.17) is 4.74 Å². The fourth-order valence-electron chi connectivity index (χ4n) is 2.10. The normalized spacial score (nSPS) is 29.9. The molecule has 2 heterocycles. The molecule has 2 rings (SSSR count). The highest BCUT2D eigenvalue weighted by molar-refractivity contribution is 7.99. The maximum atomic E-state index is 12.1. The number of hydrogen-bond donors (Lipinski definition) is 1. The van der Waals surface area contributed by atoms with Crippen molar-refractivity contribution < 1.29 is 9.53 Å². The van der Waals surface area contributed by atoms with E-state index < -0.39 is 0 Å². The zero-order valence-corrected chi connectivity index (χ0v) is 11.1. The van der Waals surface area contributed by atoms with Gasteiger partial charge >= 0.3 is 0 Å². The molecule has 0 bridgehead atoms. The molecule has 0 aliphatic carbocycles. The molecular weight excluding hydrogens is 248 g/mol. The summed E-state index contributed by atoms with van der Waals surface area (Å²) in [6.45, 7) is 1.65. The van der Waals surface area contributed by atoms with Gasteiger partial charge < -0.3 is 9.64 Å². The van der Waals surface area contributed by atoms with Gasteiger partial charge in [-0.3, -0.25) is 10.1 Å². The molecule has 0 saturated carbocycles. The summed E-state index contributed by atoms with van der Waals surface area (Å²) in [7, 11) is 1.72. The van der Waals surface area contributed by atoms with Gasteiger partial charge in [0.05, 0.1) is 12.1 Å². The Labute approximate surface area is 107 Å². The zero-order valence-electron chi connectivity index (χ0n) is 9.48. The zero-order chi connectivity index (χ0) is 10.7. The van der Waals surface area contributed by atoms with Crippen LogP contribution in [0.1, 0.15) is 12.8 Å². The number of piperidine rings is 1. The highest BCUT2D eigenvalue weighted by atomic mass is 35.5. The van der Waals surface area contributed by atoms with E-state index in [0.29, 0.717) is 0 Å². The largest absolute Gasteiger partial charge is 0.380 e. The van der Waals surface area contributed by atoms with Crippen LogP contribution in [0.2, 0.25) is 0 Å². The number of ether oxygens (including phenoxy) is 1. The monoisotopic (exact) mass is 266 g/mol. The Morgan fingerprint density at radius 2 is 2.38 bits per heavy atom. The van der Waals surface area contributed by atoms with E-state index >= 15 is 0 Å². The van der Waals surface area contributed by atoms with Crippen LogP contribution in [0.25, 0.3) is 0 Å². The van der Waals surface area contributed by atoms with Crippen molar-refractivity contribution in [2.45, 2.75) is 25.0 Å². The minimum Gasteiger partial charge on any atom is -0.380 e. The number of carbonyl (C=O) groups is 1. The second kappa shape index (κ2) is 6.69. The fraction of sp³-hybridized carbons (Fsp3) is 0.900. The number of halogens is 1. The molecule has 0 aromatic carbocycles. The Bertz CT molecular complexity index is 237. The predicted octanol–water partition coefficient (Wildman–Crippen LogP) is 0.708. The Morgan fingerprint density at radius 1 is 1.56 bits per heavy atom. The number of carbonyl (C=O) groups excluding carboxylic acids is 1. The van der Waals surface area contributed by atoms with Crippen molar-refractivity contribution in [3.05, 3.63) is 0 Å². The average Bonchev–Trinajstić information content (AvgIpc) is 2.81. The molecule has 0 aromatic heterocycles. The number of amides is 1. The van der Waals surface area contributed by atoms with E-state index in [1.54, 1.807) is 18.9 Å². The summed E-state index contributed by atoms with van der Waals surface area (Å²) in [6, 6.07) is 0.0330. The van der Waals surface area contributed by atoms with Crippen LogP contribution < -0.4 is 5.32 Å². The highest BCUT2D eigenvalue weighted by Crippen LogP contribution is 2.17. The Balaban J connectivity index is 0.00000128. The molecule has 4 nitrogen and oxygen atoms in total. The summed E-state index contributed by atoms with van der Waals surface area (Å²) in [5.74, 6) is 2.06. The molecule has 0 aromatic rings. The summed E-state index contributed by atoms with van der Waals surface area (Å²) < 4.78 is 5.31. The SMILES string of the molecule is COC1CCCN(C(=O)C2CSCN2)C1.Cl. The van der Waals surface area contributed by atoms with Crippen LogP contribution in [0.3, 0.4) is 0 Å².